The Hall–Kier alpha value is -2.98. The topological polar surface area (TPSA) is 47.6 Å². The average molecular weight is 396 g/mol. The molecular formula is C23H22ClNO3. The number of carbonyl (C=O) groups is 1. The molecule has 0 heterocycles. The number of methoxy groups -OCH3 is 1. The number of hydrogen-bond acceptors (Lipinski definition) is 3. The number of amides is 1. The van der Waals surface area contributed by atoms with Gasteiger partial charge in [0.1, 0.15) is 18.1 Å². The van der Waals surface area contributed by atoms with E-state index >= 15 is 0 Å². The van der Waals surface area contributed by atoms with Gasteiger partial charge in [0.15, 0.2) is 0 Å². The molecule has 0 spiro atoms. The Morgan fingerprint density at radius 1 is 1.00 bits per heavy atom. The molecular weight excluding hydrogens is 374 g/mol. The number of halogens is 1. The van der Waals surface area contributed by atoms with Crippen LogP contribution in [0, 0.1) is 13.8 Å². The van der Waals surface area contributed by atoms with E-state index in [-0.39, 0.29) is 12.5 Å². The summed E-state index contributed by atoms with van der Waals surface area (Å²) in [7, 11) is 1.59. The number of rotatable bonds is 6. The highest BCUT2D eigenvalue weighted by Gasteiger charge is 2.12. The van der Waals surface area contributed by atoms with Gasteiger partial charge >= 0.3 is 0 Å². The van der Waals surface area contributed by atoms with Crippen molar-refractivity contribution in [1.82, 2.24) is 0 Å². The van der Waals surface area contributed by atoms with E-state index in [9.17, 15) is 4.79 Å². The highest BCUT2D eigenvalue weighted by molar-refractivity contribution is 6.30. The third kappa shape index (κ3) is 4.84. The van der Waals surface area contributed by atoms with Crippen molar-refractivity contribution in [3.63, 3.8) is 0 Å². The zero-order valence-corrected chi connectivity index (χ0v) is 16.8. The second-order valence-electron chi connectivity index (χ2n) is 6.53. The number of nitrogens with one attached hydrogen (secondary N) is 1. The molecule has 0 radical (unpaired) electrons. The molecule has 0 saturated heterocycles. The molecule has 4 nitrogen and oxygen atoms in total. The molecule has 5 heteroatoms. The maximum absolute atomic E-state index is 12.7. The smallest absolute Gasteiger partial charge is 0.255 e. The van der Waals surface area contributed by atoms with Crippen molar-refractivity contribution in [2.75, 3.05) is 12.4 Å². The lowest BCUT2D eigenvalue weighted by Crippen LogP contribution is -2.13. The largest absolute Gasteiger partial charge is 0.496 e. The summed E-state index contributed by atoms with van der Waals surface area (Å²) in [6, 6.07) is 18.3. The van der Waals surface area contributed by atoms with Crippen LogP contribution in [0.3, 0.4) is 0 Å². The summed E-state index contributed by atoms with van der Waals surface area (Å²) in [6.07, 6.45) is 0. The number of carbonyl (C=O) groups excluding carboxylic acids is 1. The number of hydrogen-bond donors (Lipinski definition) is 1. The third-order valence-electron chi connectivity index (χ3n) is 4.50. The van der Waals surface area contributed by atoms with E-state index in [4.69, 9.17) is 21.1 Å². The first-order chi connectivity index (χ1) is 13.5. The van der Waals surface area contributed by atoms with Crippen LogP contribution in [0.15, 0.2) is 60.7 Å². The van der Waals surface area contributed by atoms with Crippen molar-refractivity contribution in [3.05, 3.63) is 87.9 Å². The molecule has 0 unspecified atom stereocenters. The maximum atomic E-state index is 12.7. The van der Waals surface area contributed by atoms with E-state index < -0.39 is 0 Å². The van der Waals surface area contributed by atoms with Gasteiger partial charge in [-0.2, -0.15) is 0 Å². The molecule has 0 fully saturated rings. The number of anilines is 1. The molecule has 144 valence electrons. The van der Waals surface area contributed by atoms with Crippen LogP contribution in [-0.2, 0) is 6.61 Å². The number of aryl methyl sites for hydroxylation is 2. The van der Waals surface area contributed by atoms with E-state index in [1.54, 1.807) is 37.4 Å². The second-order valence-corrected chi connectivity index (χ2v) is 6.96. The monoisotopic (exact) mass is 395 g/mol. The van der Waals surface area contributed by atoms with Crippen molar-refractivity contribution in [3.8, 4) is 11.5 Å². The van der Waals surface area contributed by atoms with Crippen LogP contribution in [0.5, 0.6) is 11.5 Å². The molecule has 3 rings (SSSR count). The molecule has 0 aliphatic heterocycles. The van der Waals surface area contributed by atoms with Gasteiger partial charge in [0.25, 0.3) is 5.91 Å². The summed E-state index contributed by atoms with van der Waals surface area (Å²) in [4.78, 5) is 12.7. The summed E-state index contributed by atoms with van der Waals surface area (Å²) in [5, 5.41) is 3.54. The molecule has 3 aromatic carbocycles. The summed E-state index contributed by atoms with van der Waals surface area (Å²) < 4.78 is 11.2. The SMILES string of the molecule is COc1ccc(C(=O)Nc2ccc(C)c(C)c2)cc1COc1cccc(Cl)c1. The zero-order chi connectivity index (χ0) is 20.1. The number of benzene rings is 3. The Kier molecular flexibility index (Phi) is 6.22. The molecule has 0 saturated carbocycles. The Balaban J connectivity index is 1.77. The van der Waals surface area contributed by atoms with Gasteiger partial charge in [-0.15, -0.1) is 0 Å². The van der Waals surface area contributed by atoms with Gasteiger partial charge in [-0.3, -0.25) is 4.79 Å². The zero-order valence-electron chi connectivity index (χ0n) is 16.1. The highest BCUT2D eigenvalue weighted by atomic mass is 35.5. The van der Waals surface area contributed by atoms with Gasteiger partial charge in [0.05, 0.1) is 7.11 Å². The Morgan fingerprint density at radius 3 is 2.54 bits per heavy atom. The fourth-order valence-corrected chi connectivity index (χ4v) is 2.95. The predicted octanol–water partition coefficient (Wildman–Crippen LogP) is 5.80. The van der Waals surface area contributed by atoms with E-state index in [2.05, 4.69) is 5.32 Å². The predicted molar refractivity (Wildman–Crippen MR) is 113 cm³/mol. The molecule has 0 atom stereocenters. The summed E-state index contributed by atoms with van der Waals surface area (Å²) in [5.74, 6) is 1.12. The van der Waals surface area contributed by atoms with Crippen molar-refractivity contribution >= 4 is 23.2 Å². The second kappa shape index (κ2) is 8.81. The minimum Gasteiger partial charge on any atom is -0.496 e. The molecule has 0 aromatic heterocycles. The Morgan fingerprint density at radius 2 is 1.82 bits per heavy atom. The molecule has 1 N–H and O–H groups in total. The van der Waals surface area contributed by atoms with Gasteiger partial charge in [0, 0.05) is 21.8 Å². The van der Waals surface area contributed by atoms with E-state index in [0.717, 1.165) is 16.8 Å². The van der Waals surface area contributed by atoms with Gasteiger partial charge in [0.2, 0.25) is 0 Å². The van der Waals surface area contributed by atoms with Gasteiger partial charge in [-0.25, -0.2) is 0 Å². The van der Waals surface area contributed by atoms with E-state index in [1.165, 1.54) is 5.56 Å². The van der Waals surface area contributed by atoms with Crippen molar-refractivity contribution in [1.29, 1.82) is 0 Å². The molecule has 1 amide bonds. The summed E-state index contributed by atoms with van der Waals surface area (Å²) >= 11 is 5.99. The van der Waals surface area contributed by atoms with Crippen LogP contribution in [0.25, 0.3) is 0 Å². The first-order valence-electron chi connectivity index (χ1n) is 8.90. The lowest BCUT2D eigenvalue weighted by atomic mass is 10.1. The first kappa shape index (κ1) is 19.8. The molecule has 3 aromatic rings. The fraction of sp³-hybridized carbons (Fsp3) is 0.174. The van der Waals surface area contributed by atoms with Crippen LogP contribution in [0.1, 0.15) is 27.0 Å². The van der Waals surface area contributed by atoms with E-state index in [1.807, 2.05) is 44.2 Å². The van der Waals surface area contributed by atoms with Crippen LogP contribution in [0.2, 0.25) is 5.02 Å². The first-order valence-corrected chi connectivity index (χ1v) is 9.28. The van der Waals surface area contributed by atoms with Crippen LogP contribution in [0.4, 0.5) is 5.69 Å². The molecule has 0 aliphatic carbocycles. The lowest BCUT2D eigenvalue weighted by molar-refractivity contribution is 0.102. The van der Waals surface area contributed by atoms with Gasteiger partial charge in [-0.1, -0.05) is 23.7 Å². The molecule has 28 heavy (non-hydrogen) atoms. The fourth-order valence-electron chi connectivity index (χ4n) is 2.77. The van der Waals surface area contributed by atoms with Crippen molar-refractivity contribution in [2.24, 2.45) is 0 Å². The lowest BCUT2D eigenvalue weighted by Gasteiger charge is -2.13. The minimum atomic E-state index is -0.185. The normalized spacial score (nSPS) is 10.4. The van der Waals surface area contributed by atoms with E-state index in [0.29, 0.717) is 22.1 Å². The standard InChI is InChI=1S/C23H22ClNO3/c1-15-7-9-20(11-16(15)2)25-23(26)17-8-10-22(27-3)18(12-17)14-28-21-6-4-5-19(24)13-21/h4-13H,14H2,1-3H3,(H,25,26). The van der Waals surface area contributed by atoms with Crippen LogP contribution < -0.4 is 14.8 Å². The highest BCUT2D eigenvalue weighted by Crippen LogP contribution is 2.24. The average Bonchev–Trinajstić information content (AvgIpc) is 2.69. The van der Waals surface area contributed by atoms with Crippen molar-refractivity contribution < 1.29 is 14.3 Å². The Bertz CT molecular complexity index is 1000. The van der Waals surface area contributed by atoms with Gasteiger partial charge in [-0.05, 0) is 73.5 Å². The van der Waals surface area contributed by atoms with Crippen LogP contribution in [-0.4, -0.2) is 13.0 Å². The number of ether oxygens (including phenoxy) is 2. The summed E-state index contributed by atoms with van der Waals surface area (Å²) in [6.45, 7) is 4.31. The Labute approximate surface area is 170 Å². The van der Waals surface area contributed by atoms with Crippen molar-refractivity contribution in [2.45, 2.75) is 20.5 Å². The van der Waals surface area contributed by atoms with Gasteiger partial charge < -0.3 is 14.8 Å². The molecule has 0 aliphatic rings. The maximum Gasteiger partial charge on any atom is 0.255 e. The third-order valence-corrected chi connectivity index (χ3v) is 4.73. The quantitative estimate of drug-likeness (QED) is 0.574. The molecule has 0 bridgehead atoms. The summed E-state index contributed by atoms with van der Waals surface area (Å²) in [5.41, 5.74) is 4.38. The minimum absolute atomic E-state index is 0.185. The van der Waals surface area contributed by atoms with Crippen LogP contribution >= 0.6 is 11.6 Å².